The first-order chi connectivity index (χ1) is 18.0. The molecular formula is C28H37N3O7. The number of likely N-dealkylation sites (tertiary alicyclic amines) is 1. The van der Waals surface area contributed by atoms with Gasteiger partial charge in [-0.3, -0.25) is 9.69 Å². The third-order valence-corrected chi connectivity index (χ3v) is 7.13. The molecule has 4 atom stereocenters. The summed E-state index contributed by atoms with van der Waals surface area (Å²) in [6.07, 6.45) is 0.893. The molecule has 0 unspecified atom stereocenters. The highest BCUT2D eigenvalue weighted by Crippen LogP contribution is 2.45. The van der Waals surface area contributed by atoms with E-state index in [-0.39, 0.29) is 25.5 Å². The van der Waals surface area contributed by atoms with Gasteiger partial charge in [-0.05, 0) is 51.7 Å². The normalized spacial score (nSPS) is 26.2. The third-order valence-electron chi connectivity index (χ3n) is 7.13. The van der Waals surface area contributed by atoms with E-state index in [0.717, 1.165) is 12.0 Å². The van der Waals surface area contributed by atoms with E-state index in [2.05, 4.69) is 18.0 Å². The van der Waals surface area contributed by atoms with Gasteiger partial charge >= 0.3 is 18.2 Å². The van der Waals surface area contributed by atoms with Crippen LogP contribution < -0.4 is 5.32 Å². The molecule has 206 valence electrons. The van der Waals surface area contributed by atoms with E-state index in [1.165, 1.54) is 10.5 Å². The van der Waals surface area contributed by atoms with E-state index in [0.29, 0.717) is 19.5 Å². The molecule has 0 radical (unpaired) electrons. The Hall–Kier alpha value is -3.56. The number of nitrogens with one attached hydrogen (secondary N) is 1. The molecule has 0 aromatic heterocycles. The largest absolute Gasteiger partial charge is 0.464 e. The maximum absolute atomic E-state index is 13.5. The first kappa shape index (κ1) is 27.5. The number of nitrogens with zero attached hydrogens (tertiary/aromatic N) is 2. The van der Waals surface area contributed by atoms with Crippen LogP contribution in [0.5, 0.6) is 0 Å². The quantitative estimate of drug-likeness (QED) is 0.343. The number of hydrogen-bond donors (Lipinski definition) is 1. The zero-order valence-electron chi connectivity index (χ0n) is 22.5. The van der Waals surface area contributed by atoms with Crippen molar-refractivity contribution in [3.63, 3.8) is 0 Å². The lowest BCUT2D eigenvalue weighted by molar-refractivity contribution is -0.149. The molecule has 1 aliphatic carbocycles. The molecule has 3 aliphatic rings. The second-order valence-corrected chi connectivity index (χ2v) is 11.1. The number of amides is 3. The Morgan fingerprint density at radius 3 is 2.50 bits per heavy atom. The van der Waals surface area contributed by atoms with Crippen LogP contribution in [0.25, 0.3) is 0 Å². The predicted octanol–water partition coefficient (Wildman–Crippen LogP) is 3.18. The molecule has 1 N–H and O–H groups in total. The Labute approximate surface area is 223 Å². The molecule has 1 aromatic rings. The fraction of sp³-hybridized carbons (Fsp3) is 0.571. The lowest BCUT2D eigenvalue weighted by Gasteiger charge is -2.29. The highest BCUT2D eigenvalue weighted by atomic mass is 16.6. The Balaban J connectivity index is 1.47. The van der Waals surface area contributed by atoms with Crippen molar-refractivity contribution in [1.29, 1.82) is 0 Å². The lowest BCUT2D eigenvalue weighted by atomic mass is 10.0. The number of ether oxygens (including phenoxy) is 3. The highest BCUT2D eigenvalue weighted by Gasteiger charge is 2.62. The first-order valence-electron chi connectivity index (χ1n) is 13.1. The van der Waals surface area contributed by atoms with E-state index < -0.39 is 47.3 Å². The standard InChI is InChI=1S/C28H37N3O7/c1-6-20-15-28(20,24(33)36-7-2)29-23(32)22-14-21(17-31(22)26(35)38-27(3,4)5)37-25(34)30-13-12-18-10-8-9-11-19(18)16-30/h6,8-11,20-22H,1,7,12-17H2,2-5H3,(H,29,32)/t20-,21+,22-,28-/m0/s1. The Morgan fingerprint density at radius 2 is 1.87 bits per heavy atom. The smallest absolute Gasteiger partial charge is 0.411 e. The van der Waals surface area contributed by atoms with Gasteiger partial charge < -0.3 is 24.4 Å². The summed E-state index contributed by atoms with van der Waals surface area (Å²) in [5.41, 5.74) is 0.286. The number of fused-ring (bicyclic) bond motifs is 1. The van der Waals surface area contributed by atoms with Gasteiger partial charge in [-0.25, -0.2) is 14.4 Å². The number of rotatable bonds is 6. The molecule has 1 aromatic carbocycles. The zero-order valence-corrected chi connectivity index (χ0v) is 22.5. The monoisotopic (exact) mass is 527 g/mol. The van der Waals surface area contributed by atoms with E-state index in [9.17, 15) is 19.2 Å². The third kappa shape index (κ3) is 5.79. The van der Waals surface area contributed by atoms with Crippen molar-refractivity contribution in [1.82, 2.24) is 15.1 Å². The average Bonchev–Trinajstić information content (AvgIpc) is 3.42. The van der Waals surface area contributed by atoms with Crippen LogP contribution in [0.4, 0.5) is 9.59 Å². The van der Waals surface area contributed by atoms with Crippen LogP contribution in [0.15, 0.2) is 36.9 Å². The van der Waals surface area contributed by atoms with E-state index >= 15 is 0 Å². The molecule has 2 aliphatic heterocycles. The van der Waals surface area contributed by atoms with E-state index in [1.54, 1.807) is 38.7 Å². The van der Waals surface area contributed by atoms with Gasteiger partial charge in [0.2, 0.25) is 5.91 Å². The summed E-state index contributed by atoms with van der Waals surface area (Å²) < 4.78 is 16.5. The SMILES string of the molecule is C=C[C@H]1C[C@@]1(NC(=O)[C@@H]1C[C@@H](OC(=O)N2CCc3ccccc3C2)CN1C(=O)OC(C)(C)C)C(=O)OCC. The number of esters is 1. The number of benzene rings is 1. The molecule has 0 bridgehead atoms. The number of hydrogen-bond acceptors (Lipinski definition) is 7. The number of carbonyl (C=O) groups excluding carboxylic acids is 4. The summed E-state index contributed by atoms with van der Waals surface area (Å²) in [7, 11) is 0. The molecule has 3 amide bonds. The van der Waals surface area contributed by atoms with Crippen molar-refractivity contribution in [3.05, 3.63) is 48.0 Å². The molecule has 0 spiro atoms. The molecule has 10 nitrogen and oxygen atoms in total. The van der Waals surface area contributed by atoms with Crippen LogP contribution in [-0.4, -0.2) is 76.8 Å². The fourth-order valence-corrected chi connectivity index (χ4v) is 5.09. The van der Waals surface area contributed by atoms with E-state index in [1.807, 2.05) is 18.2 Å². The van der Waals surface area contributed by atoms with Crippen LogP contribution >= 0.6 is 0 Å². The minimum Gasteiger partial charge on any atom is -0.464 e. The van der Waals surface area contributed by atoms with Crippen LogP contribution in [0.2, 0.25) is 0 Å². The van der Waals surface area contributed by atoms with Gasteiger partial charge in [0, 0.05) is 25.4 Å². The summed E-state index contributed by atoms with van der Waals surface area (Å²) in [5, 5.41) is 2.81. The van der Waals surface area contributed by atoms with Crippen LogP contribution in [0.3, 0.4) is 0 Å². The minimum atomic E-state index is -1.20. The van der Waals surface area contributed by atoms with Crippen molar-refractivity contribution in [2.75, 3.05) is 19.7 Å². The van der Waals surface area contributed by atoms with Gasteiger partial charge in [-0.2, -0.15) is 0 Å². The fourth-order valence-electron chi connectivity index (χ4n) is 5.09. The predicted molar refractivity (Wildman–Crippen MR) is 138 cm³/mol. The maximum atomic E-state index is 13.5. The lowest BCUT2D eigenvalue weighted by Crippen LogP contribution is -2.53. The first-order valence-corrected chi connectivity index (χ1v) is 13.1. The van der Waals surface area contributed by atoms with Crippen molar-refractivity contribution < 1.29 is 33.4 Å². The zero-order chi connectivity index (χ0) is 27.7. The summed E-state index contributed by atoms with van der Waals surface area (Å²) in [6, 6.07) is 6.97. The van der Waals surface area contributed by atoms with Crippen LogP contribution in [-0.2, 0) is 36.8 Å². The van der Waals surface area contributed by atoms with Gasteiger partial charge in [0.1, 0.15) is 23.3 Å². The van der Waals surface area contributed by atoms with Crippen molar-refractivity contribution >= 4 is 24.1 Å². The maximum Gasteiger partial charge on any atom is 0.411 e. The molecule has 2 heterocycles. The van der Waals surface area contributed by atoms with Crippen molar-refractivity contribution in [2.45, 2.75) is 76.8 Å². The van der Waals surface area contributed by atoms with Gasteiger partial charge in [0.05, 0.1) is 13.2 Å². The van der Waals surface area contributed by atoms with Gasteiger partial charge in [0.25, 0.3) is 0 Å². The summed E-state index contributed by atoms with van der Waals surface area (Å²) in [4.78, 5) is 55.1. The number of carbonyl (C=O) groups is 4. The topological polar surface area (TPSA) is 114 Å². The van der Waals surface area contributed by atoms with Gasteiger partial charge in [-0.1, -0.05) is 30.3 Å². The molecule has 10 heteroatoms. The summed E-state index contributed by atoms with van der Waals surface area (Å²) in [5.74, 6) is -1.33. The molecule has 1 saturated carbocycles. The minimum absolute atomic E-state index is 0.000457. The van der Waals surface area contributed by atoms with E-state index in [4.69, 9.17) is 14.2 Å². The van der Waals surface area contributed by atoms with Crippen LogP contribution in [0, 0.1) is 5.92 Å². The van der Waals surface area contributed by atoms with Crippen LogP contribution in [0.1, 0.15) is 51.7 Å². The molecule has 38 heavy (non-hydrogen) atoms. The highest BCUT2D eigenvalue weighted by molar-refractivity contribution is 5.95. The van der Waals surface area contributed by atoms with Crippen molar-refractivity contribution in [3.8, 4) is 0 Å². The molecule has 4 rings (SSSR count). The van der Waals surface area contributed by atoms with Crippen molar-refractivity contribution in [2.24, 2.45) is 5.92 Å². The summed E-state index contributed by atoms with van der Waals surface area (Å²) in [6.45, 7) is 11.8. The second-order valence-electron chi connectivity index (χ2n) is 11.1. The second kappa shape index (κ2) is 10.7. The van der Waals surface area contributed by atoms with Gasteiger partial charge in [0.15, 0.2) is 0 Å². The molecular weight excluding hydrogens is 490 g/mol. The van der Waals surface area contributed by atoms with Gasteiger partial charge in [-0.15, -0.1) is 6.58 Å². The molecule has 1 saturated heterocycles. The molecule has 2 fully saturated rings. The Kier molecular flexibility index (Phi) is 7.71. The Morgan fingerprint density at radius 1 is 1.16 bits per heavy atom. The summed E-state index contributed by atoms with van der Waals surface area (Å²) >= 11 is 0. The Bertz CT molecular complexity index is 1110. The average molecular weight is 528 g/mol.